The molecule has 5 heteroatoms. The van der Waals surface area contributed by atoms with Gasteiger partial charge in [0.05, 0.1) is 30.0 Å². The van der Waals surface area contributed by atoms with E-state index < -0.39 is 6.10 Å². The third kappa shape index (κ3) is 4.49. The number of aliphatic hydroxyl groups excluding tert-OH is 1. The summed E-state index contributed by atoms with van der Waals surface area (Å²) in [5, 5.41) is 13.4. The smallest absolute Gasteiger partial charge is 0.150 e. The van der Waals surface area contributed by atoms with Crippen LogP contribution in [0.25, 0.3) is 0 Å². The molecule has 2 unspecified atom stereocenters. The molecule has 2 aromatic rings. The van der Waals surface area contributed by atoms with Crippen LogP contribution in [0.3, 0.4) is 0 Å². The predicted molar refractivity (Wildman–Crippen MR) is 97.3 cm³/mol. The summed E-state index contributed by atoms with van der Waals surface area (Å²) >= 11 is 6.23. The Morgan fingerprint density at radius 2 is 2.00 bits per heavy atom. The number of hydrogen-bond donors (Lipinski definition) is 2. The molecule has 0 saturated heterocycles. The zero-order chi connectivity index (χ0) is 17.7. The van der Waals surface area contributed by atoms with E-state index in [1.165, 1.54) is 0 Å². The molecule has 0 radical (unpaired) electrons. The van der Waals surface area contributed by atoms with Crippen LogP contribution < -0.4 is 10.1 Å². The highest BCUT2D eigenvalue weighted by Gasteiger charge is 2.14. The average molecular weight is 348 g/mol. The topological polar surface area (TPSA) is 58.6 Å². The number of ether oxygens (including phenoxy) is 1. The lowest BCUT2D eigenvalue weighted by molar-refractivity contribution is 0.112. The molecule has 2 rings (SSSR count). The van der Waals surface area contributed by atoms with Crippen LogP contribution in [-0.2, 0) is 6.42 Å². The van der Waals surface area contributed by atoms with Crippen LogP contribution in [0.15, 0.2) is 36.4 Å². The van der Waals surface area contributed by atoms with Crippen LogP contribution in [0.5, 0.6) is 5.75 Å². The van der Waals surface area contributed by atoms with Crippen molar-refractivity contribution in [2.75, 3.05) is 12.4 Å². The Morgan fingerprint density at radius 1 is 1.25 bits per heavy atom. The Balaban J connectivity index is 2.27. The number of anilines is 1. The molecule has 0 spiro atoms. The number of methoxy groups -OCH3 is 1. The highest BCUT2D eigenvalue weighted by Crippen LogP contribution is 2.32. The monoisotopic (exact) mass is 347 g/mol. The van der Waals surface area contributed by atoms with E-state index in [0.29, 0.717) is 17.0 Å². The molecule has 24 heavy (non-hydrogen) atoms. The Hall–Kier alpha value is -2.04. The third-order valence-electron chi connectivity index (χ3n) is 3.79. The van der Waals surface area contributed by atoms with Crippen molar-refractivity contribution in [2.45, 2.75) is 32.4 Å². The number of rotatable bonds is 7. The number of halogens is 1. The number of hydrogen-bond acceptors (Lipinski definition) is 4. The minimum Gasteiger partial charge on any atom is -0.496 e. The Labute approximate surface area is 147 Å². The molecule has 0 amide bonds. The summed E-state index contributed by atoms with van der Waals surface area (Å²) < 4.78 is 5.45. The first-order valence-electron chi connectivity index (χ1n) is 7.80. The normalized spacial score (nSPS) is 13.2. The number of aliphatic hydroxyl groups is 1. The third-order valence-corrected chi connectivity index (χ3v) is 4.11. The van der Waals surface area contributed by atoms with Gasteiger partial charge in [-0.3, -0.25) is 4.79 Å². The van der Waals surface area contributed by atoms with E-state index in [9.17, 15) is 9.90 Å². The molecular weight excluding hydrogens is 326 g/mol. The molecule has 2 N–H and O–H groups in total. The predicted octanol–water partition coefficient (Wildman–Crippen LogP) is 4.26. The van der Waals surface area contributed by atoms with E-state index in [-0.39, 0.29) is 6.04 Å². The van der Waals surface area contributed by atoms with Gasteiger partial charge in [-0.15, -0.1) is 0 Å². The molecule has 4 nitrogen and oxygen atoms in total. The molecule has 2 atom stereocenters. The molecule has 0 aliphatic heterocycles. The van der Waals surface area contributed by atoms with Gasteiger partial charge in [-0.2, -0.15) is 0 Å². The maximum Gasteiger partial charge on any atom is 0.150 e. The van der Waals surface area contributed by atoms with Gasteiger partial charge < -0.3 is 15.2 Å². The summed E-state index contributed by atoms with van der Waals surface area (Å²) in [6.45, 7) is 3.77. The summed E-state index contributed by atoms with van der Waals surface area (Å²) in [6, 6.07) is 11.0. The Morgan fingerprint density at radius 3 is 2.58 bits per heavy atom. The van der Waals surface area contributed by atoms with E-state index in [1.807, 2.05) is 25.1 Å². The standard InChI is InChI=1S/C19H22ClNO3/c1-12(23)8-14-5-7-19(24-3)16(9-14)13(2)21-18-6-4-15(11-22)10-17(18)20/h4-7,9-13,21,23H,8H2,1-3H3. The number of benzene rings is 2. The van der Waals surface area contributed by atoms with Gasteiger partial charge in [-0.05, 0) is 56.2 Å². The molecule has 0 fully saturated rings. The second kappa shape index (κ2) is 8.18. The maximum atomic E-state index is 10.8. The average Bonchev–Trinajstić information content (AvgIpc) is 2.56. The van der Waals surface area contributed by atoms with Gasteiger partial charge in [0.1, 0.15) is 12.0 Å². The summed E-state index contributed by atoms with van der Waals surface area (Å²) in [6.07, 6.45) is 0.944. The molecule has 0 heterocycles. The van der Waals surface area contributed by atoms with Crippen molar-refractivity contribution in [3.8, 4) is 5.75 Å². The zero-order valence-corrected chi connectivity index (χ0v) is 14.8. The second-order valence-electron chi connectivity index (χ2n) is 5.85. The van der Waals surface area contributed by atoms with Crippen LogP contribution in [0.4, 0.5) is 5.69 Å². The minimum absolute atomic E-state index is 0.0616. The van der Waals surface area contributed by atoms with E-state index in [0.717, 1.165) is 28.8 Å². The molecule has 0 saturated carbocycles. The molecular formula is C19H22ClNO3. The van der Waals surface area contributed by atoms with Crippen molar-refractivity contribution in [3.05, 3.63) is 58.1 Å². The number of nitrogens with one attached hydrogen (secondary N) is 1. The SMILES string of the molecule is COc1ccc(CC(C)O)cc1C(C)Nc1ccc(C=O)cc1Cl. The zero-order valence-electron chi connectivity index (χ0n) is 14.0. The van der Waals surface area contributed by atoms with Crippen molar-refractivity contribution in [1.29, 1.82) is 0 Å². The Kier molecular flexibility index (Phi) is 6.23. The minimum atomic E-state index is -0.403. The Bertz CT molecular complexity index is 716. The van der Waals surface area contributed by atoms with E-state index >= 15 is 0 Å². The second-order valence-corrected chi connectivity index (χ2v) is 6.26. The molecule has 2 aromatic carbocycles. The number of carbonyl (C=O) groups is 1. The van der Waals surface area contributed by atoms with E-state index in [1.54, 1.807) is 32.2 Å². The van der Waals surface area contributed by atoms with Crippen LogP contribution in [0, 0.1) is 0 Å². The summed E-state index contributed by atoms with van der Waals surface area (Å²) in [7, 11) is 1.63. The first-order valence-corrected chi connectivity index (χ1v) is 8.18. The van der Waals surface area contributed by atoms with Gasteiger partial charge >= 0.3 is 0 Å². The largest absolute Gasteiger partial charge is 0.496 e. The fourth-order valence-electron chi connectivity index (χ4n) is 2.62. The first-order chi connectivity index (χ1) is 11.4. The number of carbonyl (C=O) groups excluding carboxylic acids is 1. The quantitative estimate of drug-likeness (QED) is 0.735. The van der Waals surface area contributed by atoms with Crippen molar-refractivity contribution >= 4 is 23.6 Å². The maximum absolute atomic E-state index is 10.8. The van der Waals surface area contributed by atoms with Gasteiger partial charge in [0.15, 0.2) is 0 Å². The van der Waals surface area contributed by atoms with Gasteiger partial charge in [0, 0.05) is 11.1 Å². The van der Waals surface area contributed by atoms with Crippen LogP contribution in [0.1, 0.15) is 41.4 Å². The molecule has 0 aliphatic carbocycles. The van der Waals surface area contributed by atoms with Crippen molar-refractivity contribution in [3.63, 3.8) is 0 Å². The van der Waals surface area contributed by atoms with E-state index in [2.05, 4.69) is 5.32 Å². The summed E-state index contributed by atoms with van der Waals surface area (Å²) in [4.78, 5) is 10.8. The fraction of sp³-hybridized carbons (Fsp3) is 0.316. The highest BCUT2D eigenvalue weighted by atomic mass is 35.5. The first kappa shape index (κ1) is 18.3. The molecule has 128 valence electrons. The van der Waals surface area contributed by atoms with Gasteiger partial charge in [-0.25, -0.2) is 0 Å². The molecule has 0 aliphatic rings. The number of aldehydes is 1. The van der Waals surface area contributed by atoms with Crippen LogP contribution in [-0.4, -0.2) is 24.6 Å². The summed E-state index contributed by atoms with van der Waals surface area (Å²) in [5.41, 5.74) is 3.30. The lowest BCUT2D eigenvalue weighted by Crippen LogP contribution is -2.11. The summed E-state index contributed by atoms with van der Waals surface area (Å²) in [5.74, 6) is 0.768. The van der Waals surface area contributed by atoms with Crippen LogP contribution >= 0.6 is 11.6 Å². The lowest BCUT2D eigenvalue weighted by Gasteiger charge is -2.20. The fourth-order valence-corrected chi connectivity index (χ4v) is 2.87. The molecule has 0 aromatic heterocycles. The lowest BCUT2D eigenvalue weighted by atomic mass is 10.0. The van der Waals surface area contributed by atoms with Gasteiger partial charge in [-0.1, -0.05) is 17.7 Å². The van der Waals surface area contributed by atoms with Gasteiger partial charge in [0.25, 0.3) is 0 Å². The highest BCUT2D eigenvalue weighted by molar-refractivity contribution is 6.33. The molecule has 0 bridgehead atoms. The van der Waals surface area contributed by atoms with E-state index in [4.69, 9.17) is 16.3 Å². The van der Waals surface area contributed by atoms with Crippen molar-refractivity contribution < 1.29 is 14.6 Å². The van der Waals surface area contributed by atoms with Crippen molar-refractivity contribution in [1.82, 2.24) is 0 Å². The van der Waals surface area contributed by atoms with Gasteiger partial charge in [0.2, 0.25) is 0 Å². The van der Waals surface area contributed by atoms with Crippen LogP contribution in [0.2, 0.25) is 5.02 Å². The van der Waals surface area contributed by atoms with Crippen molar-refractivity contribution in [2.24, 2.45) is 0 Å².